The van der Waals surface area contributed by atoms with Gasteiger partial charge in [0.2, 0.25) is 5.91 Å². The van der Waals surface area contributed by atoms with Gasteiger partial charge in [-0.25, -0.2) is 0 Å². The summed E-state index contributed by atoms with van der Waals surface area (Å²) in [6, 6.07) is 4.06. The van der Waals surface area contributed by atoms with Crippen LogP contribution in [0.15, 0.2) is 18.3 Å². The van der Waals surface area contributed by atoms with E-state index >= 15 is 0 Å². The maximum Gasteiger partial charge on any atom is 0.223 e. The second kappa shape index (κ2) is 6.97. The van der Waals surface area contributed by atoms with E-state index in [0.717, 1.165) is 30.8 Å². The van der Waals surface area contributed by atoms with Gasteiger partial charge in [-0.15, -0.1) is 0 Å². The number of hydrogen-bond acceptors (Lipinski definition) is 4. The standard InChI is InChI=1S/C18H27N3O2/c1-14-2-3-16(9-20-14)11-21(10-15-4-5-15)17(22)8-18(12-19)6-7-23-13-18/h2-3,9,15H,4-8,10-13,19H2,1H3. The molecule has 0 spiro atoms. The molecule has 0 aromatic carbocycles. The molecular weight excluding hydrogens is 290 g/mol. The molecule has 1 aliphatic heterocycles. The maximum atomic E-state index is 12.9. The van der Waals surface area contributed by atoms with Crippen LogP contribution in [0.3, 0.4) is 0 Å². The highest BCUT2D eigenvalue weighted by Gasteiger charge is 2.38. The normalized spacial score (nSPS) is 23.9. The van der Waals surface area contributed by atoms with Gasteiger partial charge in [0.15, 0.2) is 0 Å². The van der Waals surface area contributed by atoms with Crippen molar-refractivity contribution in [1.82, 2.24) is 9.88 Å². The molecule has 1 aromatic rings. The third-order valence-corrected chi connectivity index (χ3v) is 5.02. The molecule has 0 radical (unpaired) electrons. The first-order chi connectivity index (χ1) is 11.1. The van der Waals surface area contributed by atoms with Gasteiger partial charge in [-0.05, 0) is 43.7 Å². The zero-order valence-corrected chi connectivity index (χ0v) is 14.0. The highest BCUT2D eigenvalue weighted by molar-refractivity contribution is 5.77. The molecule has 0 bridgehead atoms. The predicted molar refractivity (Wildman–Crippen MR) is 88.7 cm³/mol. The predicted octanol–water partition coefficient (Wildman–Crippen LogP) is 1.88. The fourth-order valence-corrected chi connectivity index (χ4v) is 3.13. The molecular formula is C18H27N3O2. The smallest absolute Gasteiger partial charge is 0.223 e. The Hall–Kier alpha value is -1.46. The minimum absolute atomic E-state index is 0.162. The molecule has 3 rings (SSSR count). The lowest BCUT2D eigenvalue weighted by Crippen LogP contribution is -2.40. The Labute approximate surface area is 138 Å². The van der Waals surface area contributed by atoms with Gasteiger partial charge >= 0.3 is 0 Å². The number of hydrogen-bond donors (Lipinski definition) is 1. The average Bonchev–Trinajstić information content (AvgIpc) is 3.25. The van der Waals surface area contributed by atoms with Crippen molar-refractivity contribution < 1.29 is 9.53 Å². The Morgan fingerprint density at radius 2 is 2.30 bits per heavy atom. The molecule has 2 N–H and O–H groups in total. The highest BCUT2D eigenvalue weighted by atomic mass is 16.5. The molecule has 1 aliphatic carbocycles. The van der Waals surface area contributed by atoms with E-state index in [1.54, 1.807) is 0 Å². The van der Waals surface area contributed by atoms with Crippen LogP contribution >= 0.6 is 0 Å². The van der Waals surface area contributed by atoms with Gasteiger partial charge in [-0.1, -0.05) is 6.07 Å². The van der Waals surface area contributed by atoms with Crippen molar-refractivity contribution >= 4 is 5.91 Å². The van der Waals surface area contributed by atoms with Crippen LogP contribution in [0.2, 0.25) is 0 Å². The number of aromatic nitrogens is 1. The number of carbonyl (C=O) groups is 1. The van der Waals surface area contributed by atoms with Crippen LogP contribution in [0.5, 0.6) is 0 Å². The van der Waals surface area contributed by atoms with Gasteiger partial charge in [0.1, 0.15) is 0 Å². The lowest BCUT2D eigenvalue weighted by atomic mass is 9.83. The van der Waals surface area contributed by atoms with E-state index in [9.17, 15) is 4.79 Å². The van der Waals surface area contributed by atoms with Crippen LogP contribution in [0.25, 0.3) is 0 Å². The van der Waals surface area contributed by atoms with E-state index in [2.05, 4.69) is 11.1 Å². The maximum absolute atomic E-state index is 12.9. The topological polar surface area (TPSA) is 68.5 Å². The molecule has 1 saturated carbocycles. The molecule has 1 aromatic heterocycles. The minimum Gasteiger partial charge on any atom is -0.381 e. The summed E-state index contributed by atoms with van der Waals surface area (Å²) < 4.78 is 5.50. The summed E-state index contributed by atoms with van der Waals surface area (Å²) >= 11 is 0. The molecule has 2 fully saturated rings. The number of aryl methyl sites for hydroxylation is 1. The first kappa shape index (κ1) is 16.4. The lowest BCUT2D eigenvalue weighted by molar-refractivity contribution is -0.134. The quantitative estimate of drug-likeness (QED) is 0.834. The SMILES string of the molecule is Cc1ccc(CN(CC2CC2)C(=O)CC2(CN)CCOC2)cn1. The minimum atomic E-state index is -0.162. The molecule has 5 nitrogen and oxygen atoms in total. The number of nitrogens with two attached hydrogens (primary N) is 1. The monoisotopic (exact) mass is 317 g/mol. The highest BCUT2D eigenvalue weighted by Crippen LogP contribution is 2.34. The molecule has 1 saturated heterocycles. The summed E-state index contributed by atoms with van der Waals surface area (Å²) in [6.45, 7) is 5.32. The van der Waals surface area contributed by atoms with Gasteiger partial charge in [0.05, 0.1) is 6.61 Å². The molecule has 23 heavy (non-hydrogen) atoms. The molecule has 1 amide bonds. The number of pyridine rings is 1. The van der Waals surface area contributed by atoms with E-state index in [4.69, 9.17) is 10.5 Å². The Balaban J connectivity index is 1.67. The third-order valence-electron chi connectivity index (χ3n) is 5.02. The molecule has 2 heterocycles. The van der Waals surface area contributed by atoms with Crippen LogP contribution in [-0.4, -0.2) is 42.1 Å². The summed E-state index contributed by atoms with van der Waals surface area (Å²) in [6.07, 6.45) is 5.73. The molecule has 2 aliphatic rings. The number of nitrogens with zero attached hydrogens (tertiary/aromatic N) is 2. The number of carbonyl (C=O) groups excluding carboxylic acids is 1. The van der Waals surface area contributed by atoms with Crippen molar-refractivity contribution in [1.29, 1.82) is 0 Å². The molecule has 1 unspecified atom stereocenters. The van der Waals surface area contributed by atoms with Crippen LogP contribution in [0, 0.1) is 18.3 Å². The Kier molecular flexibility index (Phi) is 4.97. The van der Waals surface area contributed by atoms with Crippen LogP contribution in [0.4, 0.5) is 0 Å². The third kappa shape index (κ3) is 4.30. The Morgan fingerprint density at radius 3 is 2.87 bits per heavy atom. The summed E-state index contributed by atoms with van der Waals surface area (Å²) in [5.41, 5.74) is 7.87. The van der Waals surface area contributed by atoms with Gasteiger partial charge in [0, 0.05) is 50.0 Å². The molecule has 5 heteroatoms. The fourth-order valence-electron chi connectivity index (χ4n) is 3.13. The molecule has 126 valence electrons. The zero-order chi connectivity index (χ0) is 16.3. The first-order valence-electron chi connectivity index (χ1n) is 8.57. The van der Waals surface area contributed by atoms with Crippen molar-refractivity contribution in [2.45, 2.75) is 39.2 Å². The van der Waals surface area contributed by atoms with E-state index in [-0.39, 0.29) is 11.3 Å². The van der Waals surface area contributed by atoms with Crippen LogP contribution in [-0.2, 0) is 16.1 Å². The zero-order valence-electron chi connectivity index (χ0n) is 14.0. The molecule has 1 atom stereocenters. The number of amides is 1. The van der Waals surface area contributed by atoms with Crippen LogP contribution < -0.4 is 5.73 Å². The number of ether oxygens (including phenoxy) is 1. The van der Waals surface area contributed by atoms with E-state index in [0.29, 0.717) is 32.0 Å². The van der Waals surface area contributed by atoms with E-state index in [1.807, 2.05) is 24.1 Å². The summed E-state index contributed by atoms with van der Waals surface area (Å²) in [5.74, 6) is 0.874. The summed E-state index contributed by atoms with van der Waals surface area (Å²) in [5, 5.41) is 0. The van der Waals surface area contributed by atoms with Gasteiger partial charge in [-0.2, -0.15) is 0 Å². The average molecular weight is 317 g/mol. The van der Waals surface area contributed by atoms with E-state index < -0.39 is 0 Å². The van der Waals surface area contributed by atoms with E-state index in [1.165, 1.54) is 12.8 Å². The second-order valence-electron chi connectivity index (χ2n) is 7.21. The van der Waals surface area contributed by atoms with Crippen molar-refractivity contribution in [3.63, 3.8) is 0 Å². The Morgan fingerprint density at radius 1 is 1.48 bits per heavy atom. The van der Waals surface area contributed by atoms with Crippen LogP contribution in [0.1, 0.15) is 36.9 Å². The van der Waals surface area contributed by atoms with Crippen molar-refractivity contribution in [2.24, 2.45) is 17.1 Å². The van der Waals surface area contributed by atoms with Crippen molar-refractivity contribution in [2.75, 3.05) is 26.3 Å². The van der Waals surface area contributed by atoms with Crippen molar-refractivity contribution in [3.8, 4) is 0 Å². The second-order valence-corrected chi connectivity index (χ2v) is 7.21. The van der Waals surface area contributed by atoms with Gasteiger partial charge in [0.25, 0.3) is 0 Å². The van der Waals surface area contributed by atoms with Gasteiger partial charge in [-0.3, -0.25) is 9.78 Å². The van der Waals surface area contributed by atoms with Gasteiger partial charge < -0.3 is 15.4 Å². The fraction of sp³-hybridized carbons (Fsp3) is 0.667. The lowest BCUT2D eigenvalue weighted by Gasteiger charge is -2.30. The number of rotatable bonds is 7. The first-order valence-corrected chi connectivity index (χ1v) is 8.57. The summed E-state index contributed by atoms with van der Waals surface area (Å²) in [4.78, 5) is 19.2. The Bertz CT molecular complexity index is 534. The van der Waals surface area contributed by atoms with Crippen molar-refractivity contribution in [3.05, 3.63) is 29.6 Å². The largest absolute Gasteiger partial charge is 0.381 e. The summed E-state index contributed by atoms with van der Waals surface area (Å²) in [7, 11) is 0.